The van der Waals surface area contributed by atoms with Gasteiger partial charge in [-0.3, -0.25) is 4.68 Å². The molecular formula is C15H20FN3O2S. The third kappa shape index (κ3) is 3.05. The first-order valence-corrected chi connectivity index (χ1v) is 8.39. The fourth-order valence-corrected chi connectivity index (χ4v) is 3.62. The predicted molar refractivity (Wildman–Crippen MR) is 82.6 cm³/mol. The van der Waals surface area contributed by atoms with Crippen LogP contribution in [0.25, 0.3) is 0 Å². The summed E-state index contributed by atoms with van der Waals surface area (Å²) in [5.41, 5.74) is 2.92. The van der Waals surface area contributed by atoms with Gasteiger partial charge in [0.2, 0.25) is 10.0 Å². The number of sulfonamides is 1. The van der Waals surface area contributed by atoms with Gasteiger partial charge in [0.25, 0.3) is 0 Å². The maximum absolute atomic E-state index is 13.7. The van der Waals surface area contributed by atoms with Crippen LogP contribution in [0.5, 0.6) is 0 Å². The van der Waals surface area contributed by atoms with E-state index in [-0.39, 0.29) is 11.4 Å². The molecule has 0 aliphatic heterocycles. The molecule has 0 atom stereocenters. The third-order valence-electron chi connectivity index (χ3n) is 3.86. The summed E-state index contributed by atoms with van der Waals surface area (Å²) in [5.74, 6) is -0.733. The van der Waals surface area contributed by atoms with Crippen LogP contribution in [0.15, 0.2) is 29.2 Å². The van der Waals surface area contributed by atoms with Gasteiger partial charge in [-0.25, -0.2) is 17.1 Å². The summed E-state index contributed by atoms with van der Waals surface area (Å²) >= 11 is 0. The molecule has 22 heavy (non-hydrogen) atoms. The van der Waals surface area contributed by atoms with Gasteiger partial charge in [0.05, 0.1) is 5.69 Å². The molecule has 0 fully saturated rings. The van der Waals surface area contributed by atoms with E-state index in [4.69, 9.17) is 0 Å². The van der Waals surface area contributed by atoms with Crippen molar-refractivity contribution in [1.82, 2.24) is 14.1 Å². The molecule has 2 aromatic rings. The Bertz CT molecular complexity index is 784. The second-order valence-corrected chi connectivity index (χ2v) is 7.29. The van der Waals surface area contributed by atoms with Crippen LogP contribution in [-0.4, -0.2) is 36.1 Å². The van der Waals surface area contributed by atoms with Crippen molar-refractivity contribution >= 4 is 10.0 Å². The zero-order valence-corrected chi connectivity index (χ0v) is 14.0. The van der Waals surface area contributed by atoms with E-state index in [1.165, 1.54) is 29.6 Å². The van der Waals surface area contributed by atoms with Crippen LogP contribution in [0.1, 0.15) is 17.0 Å². The van der Waals surface area contributed by atoms with E-state index < -0.39 is 15.8 Å². The highest BCUT2D eigenvalue weighted by atomic mass is 32.2. The average Bonchev–Trinajstić information content (AvgIpc) is 2.70. The Labute approximate surface area is 130 Å². The number of halogens is 1. The normalized spacial score (nSPS) is 12.1. The fraction of sp³-hybridized carbons (Fsp3) is 0.400. The second-order valence-electron chi connectivity index (χ2n) is 5.28. The summed E-state index contributed by atoms with van der Waals surface area (Å²) in [7, 11) is -0.514. The standard InChI is InChI=1S/C15H20FN3O2S/c1-11-13(12(2)19(4)17-11)9-10-18(3)22(20,21)15-8-6-5-7-14(15)16/h5-8H,9-10H2,1-4H3. The Hall–Kier alpha value is -1.73. The average molecular weight is 325 g/mol. The van der Waals surface area contributed by atoms with Gasteiger partial charge in [0.15, 0.2) is 0 Å². The Kier molecular flexibility index (Phi) is 4.67. The van der Waals surface area contributed by atoms with Crippen molar-refractivity contribution in [3.8, 4) is 0 Å². The maximum atomic E-state index is 13.7. The molecule has 2 rings (SSSR count). The van der Waals surface area contributed by atoms with E-state index >= 15 is 0 Å². The minimum atomic E-state index is -3.83. The summed E-state index contributed by atoms with van der Waals surface area (Å²) in [4.78, 5) is -0.294. The van der Waals surface area contributed by atoms with E-state index in [9.17, 15) is 12.8 Å². The summed E-state index contributed by atoms with van der Waals surface area (Å²) in [6.45, 7) is 4.11. The molecule has 0 radical (unpaired) electrons. The minimum Gasteiger partial charge on any atom is -0.272 e. The molecule has 0 saturated heterocycles. The maximum Gasteiger partial charge on any atom is 0.245 e. The molecule has 0 N–H and O–H groups in total. The first kappa shape index (κ1) is 16.6. The number of hydrogen-bond acceptors (Lipinski definition) is 3. The number of rotatable bonds is 5. The predicted octanol–water partition coefficient (Wildman–Crippen LogP) is 2.04. The molecule has 5 nitrogen and oxygen atoms in total. The molecule has 0 aliphatic carbocycles. The lowest BCUT2D eigenvalue weighted by atomic mass is 10.1. The minimum absolute atomic E-state index is 0.268. The Balaban J connectivity index is 2.19. The number of benzene rings is 1. The van der Waals surface area contributed by atoms with Gasteiger partial charge in [-0.15, -0.1) is 0 Å². The summed E-state index contributed by atoms with van der Waals surface area (Å²) in [6.07, 6.45) is 0.537. The zero-order valence-electron chi connectivity index (χ0n) is 13.2. The quantitative estimate of drug-likeness (QED) is 0.845. The van der Waals surface area contributed by atoms with Crippen molar-refractivity contribution in [2.24, 2.45) is 7.05 Å². The van der Waals surface area contributed by atoms with Crippen molar-refractivity contribution in [1.29, 1.82) is 0 Å². The SMILES string of the molecule is Cc1nn(C)c(C)c1CCN(C)S(=O)(=O)c1ccccc1F. The van der Waals surface area contributed by atoms with Gasteiger partial charge < -0.3 is 0 Å². The number of aromatic nitrogens is 2. The van der Waals surface area contributed by atoms with Crippen LogP contribution in [0, 0.1) is 19.7 Å². The van der Waals surface area contributed by atoms with E-state index in [1.54, 1.807) is 4.68 Å². The third-order valence-corrected chi connectivity index (χ3v) is 5.75. The second kappa shape index (κ2) is 6.18. The molecule has 120 valence electrons. The van der Waals surface area contributed by atoms with Gasteiger partial charge in [0.1, 0.15) is 10.7 Å². The summed E-state index contributed by atoms with van der Waals surface area (Å²) in [6, 6.07) is 5.41. The molecule has 0 spiro atoms. The molecule has 0 amide bonds. The Morgan fingerprint density at radius 1 is 1.27 bits per heavy atom. The van der Waals surface area contributed by atoms with Crippen molar-refractivity contribution in [2.45, 2.75) is 25.2 Å². The summed E-state index contributed by atoms with van der Waals surface area (Å²) < 4.78 is 41.5. The van der Waals surface area contributed by atoms with Crippen molar-refractivity contribution < 1.29 is 12.8 Å². The topological polar surface area (TPSA) is 55.2 Å². The van der Waals surface area contributed by atoms with Crippen molar-refractivity contribution in [3.05, 3.63) is 47.0 Å². The number of likely N-dealkylation sites (N-methyl/N-ethyl adjacent to an activating group) is 1. The van der Waals surface area contributed by atoms with E-state index in [1.807, 2.05) is 20.9 Å². The summed E-state index contributed by atoms with van der Waals surface area (Å²) in [5, 5.41) is 4.31. The highest BCUT2D eigenvalue weighted by Crippen LogP contribution is 2.19. The van der Waals surface area contributed by atoms with Crippen LogP contribution in [0.3, 0.4) is 0 Å². The smallest absolute Gasteiger partial charge is 0.245 e. The largest absolute Gasteiger partial charge is 0.272 e. The molecule has 1 aromatic heterocycles. The highest BCUT2D eigenvalue weighted by Gasteiger charge is 2.24. The highest BCUT2D eigenvalue weighted by molar-refractivity contribution is 7.89. The number of nitrogens with zero attached hydrogens (tertiary/aromatic N) is 3. The van der Waals surface area contributed by atoms with Gasteiger partial charge in [-0.2, -0.15) is 5.10 Å². The first-order valence-electron chi connectivity index (χ1n) is 6.95. The van der Waals surface area contributed by atoms with Gasteiger partial charge in [-0.1, -0.05) is 12.1 Å². The van der Waals surface area contributed by atoms with E-state index in [0.717, 1.165) is 23.0 Å². The van der Waals surface area contributed by atoms with Crippen LogP contribution in [0.2, 0.25) is 0 Å². The first-order chi connectivity index (χ1) is 10.2. The fourth-order valence-electron chi connectivity index (χ4n) is 2.39. The zero-order chi connectivity index (χ0) is 16.5. The Morgan fingerprint density at radius 3 is 2.45 bits per heavy atom. The van der Waals surface area contributed by atoms with Crippen LogP contribution in [0.4, 0.5) is 4.39 Å². The molecule has 7 heteroatoms. The van der Waals surface area contributed by atoms with Gasteiger partial charge in [-0.05, 0) is 38.0 Å². The number of aryl methyl sites for hydroxylation is 2. The van der Waals surface area contributed by atoms with Crippen LogP contribution in [-0.2, 0) is 23.5 Å². The molecule has 0 aliphatic rings. The van der Waals surface area contributed by atoms with Crippen LogP contribution >= 0.6 is 0 Å². The van der Waals surface area contributed by atoms with Gasteiger partial charge >= 0.3 is 0 Å². The molecule has 0 saturated carbocycles. The van der Waals surface area contributed by atoms with Gasteiger partial charge in [0, 0.05) is 26.3 Å². The van der Waals surface area contributed by atoms with Crippen LogP contribution < -0.4 is 0 Å². The monoisotopic (exact) mass is 325 g/mol. The molecular weight excluding hydrogens is 305 g/mol. The van der Waals surface area contributed by atoms with E-state index in [2.05, 4.69) is 5.10 Å². The Morgan fingerprint density at radius 2 is 1.91 bits per heavy atom. The molecule has 1 heterocycles. The molecule has 0 bridgehead atoms. The lowest BCUT2D eigenvalue weighted by Crippen LogP contribution is -2.29. The van der Waals surface area contributed by atoms with Crippen molar-refractivity contribution in [3.63, 3.8) is 0 Å². The lowest BCUT2D eigenvalue weighted by Gasteiger charge is -2.17. The number of hydrogen-bond donors (Lipinski definition) is 0. The molecule has 1 aromatic carbocycles. The van der Waals surface area contributed by atoms with Crippen molar-refractivity contribution in [2.75, 3.05) is 13.6 Å². The lowest BCUT2D eigenvalue weighted by molar-refractivity contribution is 0.465. The molecule has 0 unspecified atom stereocenters. The van der Waals surface area contributed by atoms with E-state index in [0.29, 0.717) is 6.42 Å².